The monoisotopic (exact) mass is 274 g/mol. The van der Waals surface area contributed by atoms with Gasteiger partial charge in [-0.3, -0.25) is 0 Å². The number of thioether (sulfide) groups is 1. The van der Waals surface area contributed by atoms with Crippen LogP contribution in [0.2, 0.25) is 0 Å². The molecule has 0 aromatic carbocycles. The van der Waals surface area contributed by atoms with Gasteiger partial charge in [-0.25, -0.2) is 9.59 Å². The first-order valence-corrected chi connectivity index (χ1v) is 7.20. The second-order valence-electron chi connectivity index (χ2n) is 4.84. The molecule has 102 valence electrons. The Morgan fingerprint density at radius 3 is 2.72 bits per heavy atom. The van der Waals surface area contributed by atoms with Gasteiger partial charge >= 0.3 is 12.0 Å². The van der Waals surface area contributed by atoms with Crippen LogP contribution in [0.1, 0.15) is 13.3 Å². The molecule has 2 unspecified atom stereocenters. The van der Waals surface area contributed by atoms with Crippen molar-refractivity contribution in [3.8, 4) is 0 Å². The Balaban J connectivity index is 1.98. The Labute approximate surface area is 110 Å². The van der Waals surface area contributed by atoms with E-state index >= 15 is 0 Å². The maximum absolute atomic E-state index is 12.2. The van der Waals surface area contributed by atoms with Gasteiger partial charge in [0.25, 0.3) is 0 Å². The van der Waals surface area contributed by atoms with E-state index in [2.05, 4.69) is 0 Å². The summed E-state index contributed by atoms with van der Waals surface area (Å²) in [5.41, 5.74) is 0. The topological polar surface area (TPSA) is 81.1 Å². The van der Waals surface area contributed by atoms with Gasteiger partial charge in [0.05, 0.1) is 12.0 Å². The number of aliphatic hydroxyl groups is 1. The Morgan fingerprint density at radius 2 is 2.17 bits per heavy atom. The minimum absolute atomic E-state index is 0.104. The lowest BCUT2D eigenvalue weighted by molar-refractivity contribution is -0.140. The molecule has 0 radical (unpaired) electrons. The van der Waals surface area contributed by atoms with Crippen molar-refractivity contribution in [3.63, 3.8) is 0 Å². The number of aliphatic hydroxyl groups excluding tert-OH is 1. The summed E-state index contributed by atoms with van der Waals surface area (Å²) < 4.78 is 0. The second kappa shape index (κ2) is 5.36. The highest BCUT2D eigenvalue weighted by Gasteiger charge is 2.39. The zero-order chi connectivity index (χ0) is 13.3. The number of hydrogen-bond acceptors (Lipinski definition) is 4. The van der Waals surface area contributed by atoms with E-state index in [1.807, 2.05) is 0 Å². The van der Waals surface area contributed by atoms with Gasteiger partial charge in [0, 0.05) is 24.8 Å². The summed E-state index contributed by atoms with van der Waals surface area (Å²) in [6, 6.07) is -0.927. The maximum Gasteiger partial charge on any atom is 0.327 e. The summed E-state index contributed by atoms with van der Waals surface area (Å²) >= 11 is 1.46. The Bertz CT molecular complexity index is 350. The minimum Gasteiger partial charge on any atom is -0.480 e. The molecule has 2 saturated heterocycles. The Hall–Kier alpha value is -0.950. The van der Waals surface area contributed by atoms with Crippen molar-refractivity contribution in [2.45, 2.75) is 25.5 Å². The van der Waals surface area contributed by atoms with Crippen LogP contribution in [-0.4, -0.2) is 68.9 Å². The molecular weight excluding hydrogens is 256 g/mol. The van der Waals surface area contributed by atoms with E-state index in [0.29, 0.717) is 24.7 Å². The lowest BCUT2D eigenvalue weighted by Gasteiger charge is -2.27. The minimum atomic E-state index is -0.945. The molecule has 0 aliphatic carbocycles. The normalized spacial score (nSPS) is 29.7. The Morgan fingerprint density at radius 1 is 1.44 bits per heavy atom. The fraction of sp³-hybridized carbons (Fsp3) is 0.818. The first kappa shape index (κ1) is 13.5. The molecule has 0 spiro atoms. The number of amides is 2. The largest absolute Gasteiger partial charge is 0.480 e. The average molecular weight is 274 g/mol. The summed E-state index contributed by atoms with van der Waals surface area (Å²) in [5, 5.41) is 18.6. The van der Waals surface area contributed by atoms with Crippen LogP contribution in [0.15, 0.2) is 0 Å². The van der Waals surface area contributed by atoms with Crippen LogP contribution in [0.5, 0.6) is 0 Å². The fourth-order valence-electron chi connectivity index (χ4n) is 2.37. The molecule has 18 heavy (non-hydrogen) atoms. The van der Waals surface area contributed by atoms with Crippen LogP contribution in [0.4, 0.5) is 4.79 Å². The van der Waals surface area contributed by atoms with Gasteiger partial charge in [-0.1, -0.05) is 0 Å². The molecule has 2 fully saturated rings. The van der Waals surface area contributed by atoms with E-state index in [9.17, 15) is 14.7 Å². The lowest BCUT2D eigenvalue weighted by Crippen LogP contribution is -2.48. The number of urea groups is 1. The van der Waals surface area contributed by atoms with Crippen LogP contribution < -0.4 is 0 Å². The van der Waals surface area contributed by atoms with Crippen molar-refractivity contribution < 1.29 is 19.8 Å². The molecule has 7 heteroatoms. The number of likely N-dealkylation sites (tertiary alicyclic amines) is 1. The quantitative estimate of drug-likeness (QED) is 0.755. The molecule has 2 aliphatic heterocycles. The number of hydrogen-bond donors (Lipinski definition) is 2. The van der Waals surface area contributed by atoms with Crippen molar-refractivity contribution in [3.05, 3.63) is 0 Å². The molecule has 2 aliphatic rings. The van der Waals surface area contributed by atoms with E-state index in [1.54, 1.807) is 11.8 Å². The first-order valence-electron chi connectivity index (χ1n) is 6.05. The van der Waals surface area contributed by atoms with E-state index in [-0.39, 0.29) is 11.9 Å². The molecule has 2 heterocycles. The number of nitrogens with zero attached hydrogens (tertiary/aromatic N) is 2. The van der Waals surface area contributed by atoms with Gasteiger partial charge < -0.3 is 20.0 Å². The van der Waals surface area contributed by atoms with Crippen LogP contribution in [0.3, 0.4) is 0 Å². The number of aliphatic carboxylic acids is 1. The van der Waals surface area contributed by atoms with Crippen LogP contribution >= 0.6 is 11.8 Å². The summed E-state index contributed by atoms with van der Waals surface area (Å²) in [4.78, 5) is 26.3. The highest BCUT2D eigenvalue weighted by Crippen LogP contribution is 2.26. The summed E-state index contributed by atoms with van der Waals surface area (Å²) in [5.74, 6) is 0.0486. The van der Waals surface area contributed by atoms with E-state index in [4.69, 9.17) is 5.11 Å². The molecule has 0 bridgehead atoms. The highest BCUT2D eigenvalue weighted by atomic mass is 32.2. The third-order valence-electron chi connectivity index (χ3n) is 3.59. The molecule has 2 amide bonds. The van der Waals surface area contributed by atoms with Gasteiger partial charge in [0.1, 0.15) is 6.04 Å². The molecule has 6 nitrogen and oxygen atoms in total. The van der Waals surface area contributed by atoms with Gasteiger partial charge in [0.2, 0.25) is 0 Å². The number of carboxylic acid groups (broad SMARTS) is 1. The SMILES string of the molecule is CC(O)C1CCN(C(=O)N2CSC[C@H]2C(=O)O)C1. The molecule has 2 rings (SSSR count). The number of carbonyl (C=O) groups is 2. The average Bonchev–Trinajstić information content (AvgIpc) is 2.97. The molecule has 0 aromatic heterocycles. The smallest absolute Gasteiger partial charge is 0.327 e. The standard InChI is InChI=1S/C11H18N2O4S/c1-7(14)8-2-3-12(4-8)11(17)13-6-18-5-9(13)10(15)16/h7-9,14H,2-6H2,1H3,(H,15,16)/t7?,8?,9-/m0/s1. The molecule has 0 aromatic rings. The van der Waals surface area contributed by atoms with Crippen molar-refractivity contribution in [1.29, 1.82) is 0 Å². The summed E-state index contributed by atoms with van der Waals surface area (Å²) in [6.45, 7) is 2.84. The van der Waals surface area contributed by atoms with Crippen LogP contribution in [0, 0.1) is 5.92 Å². The molecule has 0 saturated carbocycles. The highest BCUT2D eigenvalue weighted by molar-refractivity contribution is 7.99. The molecule has 2 N–H and O–H groups in total. The van der Waals surface area contributed by atoms with E-state index < -0.39 is 18.1 Å². The first-order chi connectivity index (χ1) is 8.50. The third-order valence-corrected chi connectivity index (χ3v) is 4.60. The van der Waals surface area contributed by atoms with Crippen molar-refractivity contribution in [2.75, 3.05) is 24.7 Å². The predicted molar refractivity (Wildman–Crippen MR) is 67.3 cm³/mol. The lowest BCUT2D eigenvalue weighted by atomic mass is 10.0. The number of carboxylic acids is 1. The van der Waals surface area contributed by atoms with Crippen molar-refractivity contribution in [2.24, 2.45) is 5.92 Å². The summed E-state index contributed by atoms with van der Waals surface area (Å²) in [7, 11) is 0. The Kier molecular flexibility index (Phi) is 4.01. The zero-order valence-corrected chi connectivity index (χ0v) is 11.1. The number of carbonyl (C=O) groups excluding carboxylic acids is 1. The van der Waals surface area contributed by atoms with Gasteiger partial charge in [0.15, 0.2) is 0 Å². The van der Waals surface area contributed by atoms with Gasteiger partial charge in [-0.2, -0.15) is 0 Å². The third kappa shape index (κ3) is 2.56. The fourth-order valence-corrected chi connectivity index (χ4v) is 3.51. The van der Waals surface area contributed by atoms with Crippen molar-refractivity contribution >= 4 is 23.8 Å². The van der Waals surface area contributed by atoms with E-state index in [1.165, 1.54) is 16.7 Å². The molecule has 3 atom stereocenters. The summed E-state index contributed by atoms with van der Waals surface area (Å²) in [6.07, 6.45) is 0.355. The van der Waals surface area contributed by atoms with Gasteiger partial charge in [-0.15, -0.1) is 11.8 Å². The van der Waals surface area contributed by atoms with Crippen LogP contribution in [-0.2, 0) is 4.79 Å². The molecular formula is C11H18N2O4S. The van der Waals surface area contributed by atoms with Crippen LogP contribution in [0.25, 0.3) is 0 Å². The maximum atomic E-state index is 12.2. The van der Waals surface area contributed by atoms with Crippen molar-refractivity contribution in [1.82, 2.24) is 9.80 Å². The van der Waals surface area contributed by atoms with Gasteiger partial charge in [-0.05, 0) is 13.3 Å². The second-order valence-corrected chi connectivity index (χ2v) is 5.84. The number of rotatable bonds is 2. The zero-order valence-electron chi connectivity index (χ0n) is 10.3. The van der Waals surface area contributed by atoms with E-state index in [0.717, 1.165) is 6.42 Å². The predicted octanol–water partition coefficient (Wildman–Crippen LogP) is 0.269.